The van der Waals surface area contributed by atoms with Gasteiger partial charge in [-0.05, 0) is 35.5 Å². The first-order valence-corrected chi connectivity index (χ1v) is 7.36. The first kappa shape index (κ1) is 13.7. The van der Waals surface area contributed by atoms with E-state index in [0.717, 1.165) is 13.0 Å². The number of pyridine rings is 2. The molecule has 21 heavy (non-hydrogen) atoms. The molecule has 0 radical (unpaired) electrons. The van der Waals surface area contributed by atoms with E-state index in [1.807, 2.05) is 36.9 Å². The zero-order valence-electron chi connectivity index (χ0n) is 12.2. The number of hydrogen-bond acceptors (Lipinski definition) is 3. The molecule has 3 heteroatoms. The van der Waals surface area contributed by atoms with E-state index >= 15 is 0 Å². The van der Waals surface area contributed by atoms with Crippen LogP contribution in [0.15, 0.2) is 61.2 Å². The Hall–Kier alpha value is -2.26. The molecule has 0 saturated heterocycles. The average molecular weight is 277 g/mol. The first-order valence-electron chi connectivity index (χ1n) is 7.36. The lowest BCUT2D eigenvalue weighted by Gasteiger charge is -2.20. The van der Waals surface area contributed by atoms with Crippen LogP contribution in [0.1, 0.15) is 30.5 Å². The van der Waals surface area contributed by atoms with Crippen molar-refractivity contribution in [1.29, 1.82) is 0 Å². The zero-order valence-corrected chi connectivity index (χ0v) is 12.2. The van der Waals surface area contributed by atoms with E-state index in [-0.39, 0.29) is 6.04 Å². The van der Waals surface area contributed by atoms with Gasteiger partial charge in [0.2, 0.25) is 0 Å². The van der Waals surface area contributed by atoms with Gasteiger partial charge in [0.1, 0.15) is 0 Å². The Morgan fingerprint density at radius 1 is 1.00 bits per heavy atom. The van der Waals surface area contributed by atoms with Gasteiger partial charge >= 0.3 is 0 Å². The summed E-state index contributed by atoms with van der Waals surface area (Å²) in [4.78, 5) is 8.67. The predicted octanol–water partition coefficient (Wildman–Crippen LogP) is 3.72. The summed E-state index contributed by atoms with van der Waals surface area (Å²) >= 11 is 0. The Labute approximate surface area is 125 Å². The van der Waals surface area contributed by atoms with Crippen LogP contribution in [0.4, 0.5) is 0 Å². The number of fused-ring (bicyclic) bond motifs is 1. The van der Waals surface area contributed by atoms with Crippen LogP contribution in [-0.4, -0.2) is 16.5 Å². The molecule has 2 heterocycles. The molecule has 0 aliphatic heterocycles. The molecule has 3 rings (SSSR count). The Morgan fingerprint density at radius 3 is 2.71 bits per heavy atom. The first-order chi connectivity index (χ1) is 10.4. The van der Waals surface area contributed by atoms with Crippen LogP contribution in [0, 0.1) is 0 Å². The van der Waals surface area contributed by atoms with Crippen molar-refractivity contribution in [2.75, 3.05) is 6.54 Å². The topological polar surface area (TPSA) is 37.8 Å². The molecule has 1 unspecified atom stereocenters. The maximum atomic E-state index is 4.41. The Balaban J connectivity index is 2.10. The lowest BCUT2D eigenvalue weighted by Crippen LogP contribution is -2.23. The summed E-state index contributed by atoms with van der Waals surface area (Å²) in [5.74, 6) is 0. The summed E-state index contributed by atoms with van der Waals surface area (Å²) < 4.78 is 0. The van der Waals surface area contributed by atoms with Gasteiger partial charge < -0.3 is 5.32 Å². The number of nitrogens with one attached hydrogen (secondary N) is 1. The highest BCUT2D eigenvalue weighted by Crippen LogP contribution is 2.27. The number of rotatable bonds is 5. The smallest absolute Gasteiger partial charge is 0.0613 e. The second-order valence-electron chi connectivity index (χ2n) is 5.12. The molecule has 106 valence electrons. The maximum Gasteiger partial charge on any atom is 0.0613 e. The molecule has 1 atom stereocenters. The molecule has 0 aliphatic rings. The molecule has 0 saturated carbocycles. The fourth-order valence-electron chi connectivity index (χ4n) is 2.61. The fraction of sp³-hybridized carbons (Fsp3) is 0.222. The molecule has 0 bridgehead atoms. The third kappa shape index (κ3) is 2.93. The van der Waals surface area contributed by atoms with E-state index < -0.39 is 0 Å². The lowest BCUT2D eigenvalue weighted by atomic mass is 9.96. The number of nitrogens with zero attached hydrogens (tertiary/aromatic N) is 2. The van der Waals surface area contributed by atoms with Gasteiger partial charge in [0.05, 0.1) is 6.04 Å². The highest BCUT2D eigenvalue weighted by molar-refractivity contribution is 5.85. The van der Waals surface area contributed by atoms with Crippen LogP contribution < -0.4 is 5.32 Å². The maximum absolute atomic E-state index is 4.41. The Bertz CT molecular complexity index is 704. The van der Waals surface area contributed by atoms with Crippen molar-refractivity contribution in [3.63, 3.8) is 0 Å². The predicted molar refractivity (Wildman–Crippen MR) is 86.1 cm³/mol. The molecular weight excluding hydrogens is 258 g/mol. The van der Waals surface area contributed by atoms with E-state index in [9.17, 15) is 0 Å². The summed E-state index contributed by atoms with van der Waals surface area (Å²) in [6.45, 7) is 3.14. The number of aromatic nitrogens is 2. The second kappa shape index (κ2) is 6.46. The van der Waals surface area contributed by atoms with Gasteiger partial charge in [-0.1, -0.05) is 37.3 Å². The summed E-state index contributed by atoms with van der Waals surface area (Å²) in [5, 5.41) is 6.02. The average Bonchev–Trinajstić information content (AvgIpc) is 2.56. The van der Waals surface area contributed by atoms with Crippen LogP contribution >= 0.6 is 0 Å². The quantitative estimate of drug-likeness (QED) is 0.772. The lowest BCUT2D eigenvalue weighted by molar-refractivity contribution is 0.599. The molecule has 3 aromatic rings. The summed E-state index contributed by atoms with van der Waals surface area (Å²) in [6.07, 6.45) is 8.70. The van der Waals surface area contributed by atoms with Gasteiger partial charge in [-0.15, -0.1) is 0 Å². The van der Waals surface area contributed by atoms with E-state index in [1.54, 1.807) is 0 Å². The second-order valence-corrected chi connectivity index (χ2v) is 5.12. The van der Waals surface area contributed by atoms with Gasteiger partial charge in [-0.3, -0.25) is 9.97 Å². The molecular formula is C18H19N3. The van der Waals surface area contributed by atoms with Crippen LogP contribution in [0.25, 0.3) is 10.8 Å². The molecule has 0 spiro atoms. The fourth-order valence-corrected chi connectivity index (χ4v) is 2.61. The van der Waals surface area contributed by atoms with Crippen LogP contribution in [0.5, 0.6) is 0 Å². The summed E-state index contributed by atoms with van der Waals surface area (Å²) in [5.41, 5.74) is 2.37. The SMILES string of the molecule is CCCNC(c1cccnc1)c1cncc2ccccc12. The monoisotopic (exact) mass is 277 g/mol. The van der Waals surface area contributed by atoms with Crippen molar-refractivity contribution in [2.45, 2.75) is 19.4 Å². The molecule has 1 aromatic carbocycles. The zero-order chi connectivity index (χ0) is 14.5. The van der Waals surface area contributed by atoms with E-state index in [0.29, 0.717) is 0 Å². The van der Waals surface area contributed by atoms with Crippen molar-refractivity contribution in [3.05, 3.63) is 72.3 Å². The van der Waals surface area contributed by atoms with Crippen LogP contribution in [-0.2, 0) is 0 Å². The molecule has 3 nitrogen and oxygen atoms in total. The van der Waals surface area contributed by atoms with Gasteiger partial charge in [0.25, 0.3) is 0 Å². The van der Waals surface area contributed by atoms with Crippen molar-refractivity contribution >= 4 is 10.8 Å². The van der Waals surface area contributed by atoms with E-state index in [1.165, 1.54) is 21.9 Å². The molecule has 2 aromatic heterocycles. The minimum Gasteiger partial charge on any atom is -0.306 e. The normalized spacial score (nSPS) is 12.4. The van der Waals surface area contributed by atoms with Gasteiger partial charge in [0, 0.05) is 30.2 Å². The molecule has 1 N–H and O–H groups in total. The van der Waals surface area contributed by atoms with Crippen molar-refractivity contribution in [1.82, 2.24) is 15.3 Å². The molecule has 0 aliphatic carbocycles. The number of benzene rings is 1. The van der Waals surface area contributed by atoms with Gasteiger partial charge in [-0.2, -0.15) is 0 Å². The standard InChI is InChI=1S/C18H19N3/c1-2-9-21-18(15-7-5-10-19-12-15)17-13-20-11-14-6-3-4-8-16(14)17/h3-8,10-13,18,21H,2,9H2,1H3. The third-order valence-electron chi connectivity index (χ3n) is 3.63. The highest BCUT2D eigenvalue weighted by Gasteiger charge is 2.16. The summed E-state index contributed by atoms with van der Waals surface area (Å²) in [7, 11) is 0. The number of hydrogen-bond donors (Lipinski definition) is 1. The summed E-state index contributed by atoms with van der Waals surface area (Å²) in [6, 6.07) is 12.6. The van der Waals surface area contributed by atoms with E-state index in [2.05, 4.69) is 46.5 Å². The van der Waals surface area contributed by atoms with Crippen molar-refractivity contribution in [2.24, 2.45) is 0 Å². The van der Waals surface area contributed by atoms with Gasteiger partial charge in [0.15, 0.2) is 0 Å². The van der Waals surface area contributed by atoms with Crippen molar-refractivity contribution in [3.8, 4) is 0 Å². The van der Waals surface area contributed by atoms with Crippen LogP contribution in [0.3, 0.4) is 0 Å². The largest absolute Gasteiger partial charge is 0.306 e. The van der Waals surface area contributed by atoms with E-state index in [4.69, 9.17) is 0 Å². The highest BCUT2D eigenvalue weighted by atomic mass is 14.9. The minimum atomic E-state index is 0.122. The third-order valence-corrected chi connectivity index (χ3v) is 3.63. The molecule has 0 fully saturated rings. The molecule has 0 amide bonds. The van der Waals surface area contributed by atoms with Gasteiger partial charge in [-0.25, -0.2) is 0 Å². The van der Waals surface area contributed by atoms with Crippen LogP contribution in [0.2, 0.25) is 0 Å². The Morgan fingerprint density at radius 2 is 1.90 bits per heavy atom. The minimum absolute atomic E-state index is 0.122. The Kier molecular flexibility index (Phi) is 4.22. The van der Waals surface area contributed by atoms with Crippen molar-refractivity contribution < 1.29 is 0 Å².